The van der Waals surface area contributed by atoms with E-state index in [0.717, 1.165) is 65.1 Å². The molecule has 0 saturated carbocycles. The summed E-state index contributed by atoms with van der Waals surface area (Å²) in [5.41, 5.74) is 1.44. The molecule has 0 aliphatic carbocycles. The number of fused-ring (bicyclic) bond motifs is 2. The molecule has 0 radical (unpaired) electrons. The molecule has 9 nitrogen and oxygen atoms in total. The van der Waals surface area contributed by atoms with Crippen LogP contribution in [0.5, 0.6) is 23.0 Å². The molecule has 0 heterocycles. The standard InChI is InChI=1S/C42H38O9/c1-4-28-25-37(19-20-38(28)51-42(46)34-14-12-32-27-36(49-40(44)6-3)18-16-30(32)24-34)50-41(45)33-13-11-31-26-35(17-15-29(31)23-33)47-21-9-7-8-10-22-48-39(43)5-2/h5-6,11-20,23-27H,2-4,7-10,21-22H2,1H3. The molecule has 51 heavy (non-hydrogen) atoms. The van der Waals surface area contributed by atoms with Gasteiger partial charge in [-0.05, 0) is 126 Å². The number of esters is 4. The third-order valence-electron chi connectivity index (χ3n) is 8.02. The van der Waals surface area contributed by atoms with E-state index in [9.17, 15) is 19.2 Å². The summed E-state index contributed by atoms with van der Waals surface area (Å²) in [5.74, 6) is -0.191. The lowest BCUT2D eigenvalue weighted by Gasteiger charge is -2.12. The van der Waals surface area contributed by atoms with Crippen molar-refractivity contribution in [1.82, 2.24) is 0 Å². The zero-order valence-corrected chi connectivity index (χ0v) is 28.4. The van der Waals surface area contributed by atoms with Crippen molar-refractivity contribution in [2.24, 2.45) is 0 Å². The molecule has 260 valence electrons. The van der Waals surface area contributed by atoms with Gasteiger partial charge in [-0.2, -0.15) is 0 Å². The quantitative estimate of drug-likeness (QED) is 0.0435. The van der Waals surface area contributed by atoms with Crippen LogP contribution in [0.4, 0.5) is 0 Å². The molecule has 0 spiro atoms. The second kappa shape index (κ2) is 17.4. The average Bonchev–Trinajstić information content (AvgIpc) is 3.15. The Kier molecular flexibility index (Phi) is 12.3. The maximum atomic E-state index is 13.1. The van der Waals surface area contributed by atoms with Crippen LogP contribution in [0.15, 0.2) is 116 Å². The number of benzene rings is 5. The Labute approximate surface area is 296 Å². The summed E-state index contributed by atoms with van der Waals surface area (Å²) in [6, 6.07) is 26.1. The minimum atomic E-state index is -0.556. The summed E-state index contributed by atoms with van der Waals surface area (Å²) in [6.07, 6.45) is 6.37. The monoisotopic (exact) mass is 686 g/mol. The van der Waals surface area contributed by atoms with Crippen LogP contribution in [0.2, 0.25) is 0 Å². The Morgan fingerprint density at radius 1 is 0.549 bits per heavy atom. The molecule has 5 rings (SSSR count). The molecule has 0 aliphatic rings. The van der Waals surface area contributed by atoms with E-state index in [1.165, 1.54) is 0 Å². The highest BCUT2D eigenvalue weighted by atomic mass is 16.5. The molecule has 0 atom stereocenters. The van der Waals surface area contributed by atoms with Crippen LogP contribution in [0.3, 0.4) is 0 Å². The van der Waals surface area contributed by atoms with Gasteiger partial charge in [0.05, 0.1) is 24.3 Å². The fourth-order valence-electron chi connectivity index (χ4n) is 5.31. The normalized spacial score (nSPS) is 10.7. The van der Waals surface area contributed by atoms with Crippen LogP contribution >= 0.6 is 0 Å². The highest BCUT2D eigenvalue weighted by Gasteiger charge is 2.16. The number of ether oxygens (including phenoxy) is 5. The van der Waals surface area contributed by atoms with Gasteiger partial charge in [-0.15, -0.1) is 0 Å². The topological polar surface area (TPSA) is 114 Å². The predicted octanol–water partition coefficient (Wildman–Crippen LogP) is 8.75. The SMILES string of the molecule is C=CC(=O)OCCCCCCOc1ccc2cc(C(=O)Oc3ccc(OC(=O)c4ccc5cc(OC(=O)C=C)ccc5c4)c(CC)c3)ccc2c1. The molecular formula is C42H38O9. The minimum Gasteiger partial charge on any atom is -0.494 e. The Morgan fingerprint density at radius 2 is 1.08 bits per heavy atom. The van der Waals surface area contributed by atoms with Gasteiger partial charge in [-0.1, -0.05) is 44.3 Å². The van der Waals surface area contributed by atoms with Gasteiger partial charge in [0.25, 0.3) is 0 Å². The molecular weight excluding hydrogens is 648 g/mol. The molecule has 0 N–H and O–H groups in total. The first kappa shape index (κ1) is 36.1. The Hall–Kier alpha value is -6.22. The number of unbranched alkanes of at least 4 members (excludes halogenated alkanes) is 3. The van der Waals surface area contributed by atoms with E-state index in [1.807, 2.05) is 31.2 Å². The fourth-order valence-corrected chi connectivity index (χ4v) is 5.31. The summed E-state index contributed by atoms with van der Waals surface area (Å²) in [5, 5.41) is 3.35. The van der Waals surface area contributed by atoms with Crippen molar-refractivity contribution in [3.05, 3.63) is 133 Å². The number of hydrogen-bond donors (Lipinski definition) is 0. The predicted molar refractivity (Wildman–Crippen MR) is 195 cm³/mol. The van der Waals surface area contributed by atoms with Gasteiger partial charge in [-0.3, -0.25) is 0 Å². The molecule has 5 aromatic carbocycles. The Morgan fingerprint density at radius 3 is 1.73 bits per heavy atom. The van der Waals surface area contributed by atoms with Crippen molar-refractivity contribution < 1.29 is 42.9 Å². The zero-order chi connectivity index (χ0) is 36.2. The molecule has 0 amide bonds. The van der Waals surface area contributed by atoms with Crippen LogP contribution in [0, 0.1) is 0 Å². The lowest BCUT2D eigenvalue weighted by Crippen LogP contribution is -2.11. The summed E-state index contributed by atoms with van der Waals surface area (Å²) in [7, 11) is 0. The molecule has 0 bridgehead atoms. The zero-order valence-electron chi connectivity index (χ0n) is 28.4. The van der Waals surface area contributed by atoms with Crippen molar-refractivity contribution in [2.45, 2.75) is 39.0 Å². The third kappa shape index (κ3) is 9.92. The minimum absolute atomic E-state index is 0.330. The van der Waals surface area contributed by atoms with E-state index >= 15 is 0 Å². The second-order valence-electron chi connectivity index (χ2n) is 11.6. The number of hydrogen-bond acceptors (Lipinski definition) is 9. The van der Waals surface area contributed by atoms with Gasteiger partial charge >= 0.3 is 23.9 Å². The molecule has 0 fully saturated rings. The van der Waals surface area contributed by atoms with Gasteiger partial charge < -0.3 is 23.7 Å². The molecule has 0 unspecified atom stereocenters. The summed E-state index contributed by atoms with van der Waals surface area (Å²) in [4.78, 5) is 48.7. The van der Waals surface area contributed by atoms with Crippen LogP contribution in [0.1, 0.15) is 58.9 Å². The van der Waals surface area contributed by atoms with Crippen LogP contribution in [-0.4, -0.2) is 37.1 Å². The van der Waals surface area contributed by atoms with E-state index in [4.69, 9.17) is 23.7 Å². The number of carbonyl (C=O) groups is 4. The lowest BCUT2D eigenvalue weighted by molar-refractivity contribution is -0.137. The third-order valence-corrected chi connectivity index (χ3v) is 8.02. The van der Waals surface area contributed by atoms with Gasteiger partial charge in [0.1, 0.15) is 23.0 Å². The second-order valence-corrected chi connectivity index (χ2v) is 11.6. The van der Waals surface area contributed by atoms with Gasteiger partial charge in [0, 0.05) is 12.2 Å². The smallest absolute Gasteiger partial charge is 0.343 e. The number of aryl methyl sites for hydroxylation is 1. The molecule has 0 aromatic heterocycles. The number of rotatable bonds is 16. The van der Waals surface area contributed by atoms with Crippen LogP contribution in [0.25, 0.3) is 21.5 Å². The van der Waals surface area contributed by atoms with E-state index in [0.29, 0.717) is 53.6 Å². The largest absolute Gasteiger partial charge is 0.494 e. The molecule has 5 aromatic rings. The van der Waals surface area contributed by atoms with Crippen molar-refractivity contribution in [1.29, 1.82) is 0 Å². The van der Waals surface area contributed by atoms with Gasteiger partial charge in [0.15, 0.2) is 0 Å². The summed E-state index contributed by atoms with van der Waals surface area (Å²) >= 11 is 0. The Bertz CT molecular complexity index is 2100. The van der Waals surface area contributed by atoms with Crippen molar-refractivity contribution in [3.63, 3.8) is 0 Å². The molecule has 0 saturated heterocycles. The average molecular weight is 687 g/mol. The lowest BCUT2D eigenvalue weighted by atomic mass is 10.1. The maximum absolute atomic E-state index is 13.1. The van der Waals surface area contributed by atoms with Crippen molar-refractivity contribution >= 4 is 45.4 Å². The van der Waals surface area contributed by atoms with Gasteiger partial charge in [0.2, 0.25) is 0 Å². The van der Waals surface area contributed by atoms with E-state index < -0.39 is 23.9 Å². The van der Waals surface area contributed by atoms with E-state index in [-0.39, 0.29) is 0 Å². The molecule has 0 aliphatic heterocycles. The highest BCUT2D eigenvalue weighted by Crippen LogP contribution is 2.29. The first-order chi connectivity index (χ1) is 24.8. The summed E-state index contributed by atoms with van der Waals surface area (Å²) in [6.45, 7) is 9.66. The van der Waals surface area contributed by atoms with Crippen molar-refractivity contribution in [3.8, 4) is 23.0 Å². The first-order valence-corrected chi connectivity index (χ1v) is 16.7. The van der Waals surface area contributed by atoms with Crippen molar-refractivity contribution in [2.75, 3.05) is 13.2 Å². The highest BCUT2D eigenvalue weighted by molar-refractivity contribution is 5.98. The van der Waals surface area contributed by atoms with E-state index in [1.54, 1.807) is 66.7 Å². The fraction of sp³-hybridized carbons (Fsp3) is 0.190. The summed E-state index contributed by atoms with van der Waals surface area (Å²) < 4.78 is 27.5. The number of carbonyl (C=O) groups excluding carboxylic acids is 4. The van der Waals surface area contributed by atoms with Crippen LogP contribution in [-0.2, 0) is 20.7 Å². The van der Waals surface area contributed by atoms with E-state index in [2.05, 4.69) is 13.2 Å². The first-order valence-electron chi connectivity index (χ1n) is 16.7. The molecule has 9 heteroatoms. The Balaban J connectivity index is 1.15. The van der Waals surface area contributed by atoms with Crippen LogP contribution < -0.4 is 18.9 Å². The van der Waals surface area contributed by atoms with Gasteiger partial charge in [-0.25, -0.2) is 19.2 Å². The maximum Gasteiger partial charge on any atom is 0.343 e.